The third-order valence-electron chi connectivity index (χ3n) is 3.68. The van der Waals surface area contributed by atoms with Gasteiger partial charge >= 0.3 is 5.97 Å². The first kappa shape index (κ1) is 16.9. The zero-order valence-electron chi connectivity index (χ0n) is 13.0. The number of rotatable bonds is 4. The van der Waals surface area contributed by atoms with E-state index in [0.29, 0.717) is 19.7 Å². The van der Waals surface area contributed by atoms with E-state index in [0.717, 1.165) is 12.5 Å². The van der Waals surface area contributed by atoms with Crippen LogP contribution in [0, 0.1) is 10.1 Å². The van der Waals surface area contributed by atoms with Gasteiger partial charge in [0.05, 0.1) is 30.3 Å². The third-order valence-corrected chi connectivity index (χ3v) is 3.68. The summed E-state index contributed by atoms with van der Waals surface area (Å²) in [7, 11) is 1.18. The minimum absolute atomic E-state index is 0.0228. The fourth-order valence-electron chi connectivity index (χ4n) is 2.41. The van der Waals surface area contributed by atoms with Crippen molar-refractivity contribution in [3.05, 3.63) is 39.4 Å². The van der Waals surface area contributed by atoms with Crippen molar-refractivity contribution in [2.24, 2.45) is 0 Å². The van der Waals surface area contributed by atoms with E-state index in [1.165, 1.54) is 19.2 Å². The number of methoxy groups -OCH3 is 1. The predicted molar refractivity (Wildman–Crippen MR) is 80.4 cm³/mol. The van der Waals surface area contributed by atoms with Gasteiger partial charge in [-0.25, -0.2) is 4.79 Å². The molecule has 1 atom stereocenters. The highest BCUT2D eigenvalue weighted by atomic mass is 16.6. The Labute approximate surface area is 133 Å². The van der Waals surface area contributed by atoms with Crippen molar-refractivity contribution in [3.63, 3.8) is 0 Å². The van der Waals surface area contributed by atoms with E-state index in [1.807, 2.05) is 6.92 Å². The Morgan fingerprint density at radius 1 is 1.39 bits per heavy atom. The van der Waals surface area contributed by atoms with Gasteiger partial charge < -0.3 is 14.4 Å². The Morgan fingerprint density at radius 2 is 2.09 bits per heavy atom. The Bertz CT molecular complexity index is 630. The first-order valence-corrected chi connectivity index (χ1v) is 7.25. The van der Waals surface area contributed by atoms with E-state index < -0.39 is 10.9 Å². The molecular formula is C15H18N2O6. The van der Waals surface area contributed by atoms with Crippen LogP contribution in [0.5, 0.6) is 0 Å². The normalized spacial score (nSPS) is 17.7. The fourth-order valence-corrected chi connectivity index (χ4v) is 2.41. The third kappa shape index (κ3) is 3.84. The molecule has 0 aromatic heterocycles. The molecule has 1 aliphatic rings. The Balaban J connectivity index is 2.33. The van der Waals surface area contributed by atoms with Crippen molar-refractivity contribution in [2.45, 2.75) is 19.4 Å². The number of amides is 1. The first-order chi connectivity index (χ1) is 11.0. The molecule has 1 aromatic rings. The van der Waals surface area contributed by atoms with Crippen molar-refractivity contribution in [1.82, 2.24) is 4.90 Å². The van der Waals surface area contributed by atoms with Crippen LogP contribution in [0.2, 0.25) is 0 Å². The molecule has 8 nitrogen and oxygen atoms in total. The van der Waals surface area contributed by atoms with Crippen LogP contribution in [0.3, 0.4) is 0 Å². The zero-order chi connectivity index (χ0) is 17.0. The molecule has 124 valence electrons. The standard InChI is InChI=1S/C15H18N2O6/c1-3-13-9-16(4-5-23-13)14(18)10-6-11(15(19)22-2)8-12(7-10)17(20)21/h6-8,13H,3-5,9H2,1-2H3/t13-/m1/s1. The van der Waals surface area contributed by atoms with Gasteiger partial charge in [0.25, 0.3) is 11.6 Å². The van der Waals surface area contributed by atoms with Crippen LogP contribution < -0.4 is 0 Å². The summed E-state index contributed by atoms with van der Waals surface area (Å²) in [5, 5.41) is 11.0. The number of hydrogen-bond acceptors (Lipinski definition) is 6. The second-order valence-electron chi connectivity index (χ2n) is 5.17. The molecule has 0 aliphatic carbocycles. The van der Waals surface area contributed by atoms with Crippen molar-refractivity contribution < 1.29 is 24.0 Å². The first-order valence-electron chi connectivity index (χ1n) is 7.25. The van der Waals surface area contributed by atoms with E-state index in [1.54, 1.807) is 4.90 Å². The Hall–Kier alpha value is -2.48. The van der Waals surface area contributed by atoms with Crippen LogP contribution in [-0.2, 0) is 9.47 Å². The van der Waals surface area contributed by atoms with Gasteiger partial charge in [0.2, 0.25) is 0 Å². The molecule has 0 bridgehead atoms. The molecule has 0 spiro atoms. The van der Waals surface area contributed by atoms with Crippen LogP contribution >= 0.6 is 0 Å². The number of nitro benzene ring substituents is 1. The molecule has 0 saturated carbocycles. The highest BCUT2D eigenvalue weighted by Gasteiger charge is 2.26. The van der Waals surface area contributed by atoms with Gasteiger partial charge in [-0.05, 0) is 12.5 Å². The smallest absolute Gasteiger partial charge is 0.338 e. The molecule has 0 unspecified atom stereocenters. The SMILES string of the molecule is CC[C@@H]1CN(C(=O)c2cc(C(=O)OC)cc([N+](=O)[O-])c2)CCO1. The highest BCUT2D eigenvalue weighted by molar-refractivity contribution is 5.99. The summed E-state index contributed by atoms with van der Waals surface area (Å²) in [6.45, 7) is 3.21. The van der Waals surface area contributed by atoms with Crippen molar-refractivity contribution in [2.75, 3.05) is 26.8 Å². The predicted octanol–water partition coefficient (Wildman–Crippen LogP) is 1.63. The van der Waals surface area contributed by atoms with Gasteiger partial charge in [0, 0.05) is 30.8 Å². The van der Waals surface area contributed by atoms with E-state index in [4.69, 9.17) is 4.74 Å². The van der Waals surface area contributed by atoms with Crippen LogP contribution in [-0.4, -0.2) is 54.6 Å². The number of carbonyl (C=O) groups is 2. The number of non-ortho nitro benzene ring substituents is 1. The summed E-state index contributed by atoms with van der Waals surface area (Å²) in [6.07, 6.45) is 0.720. The zero-order valence-corrected chi connectivity index (χ0v) is 13.0. The van der Waals surface area contributed by atoms with Gasteiger partial charge in [-0.3, -0.25) is 14.9 Å². The lowest BCUT2D eigenvalue weighted by Gasteiger charge is -2.32. The molecule has 1 saturated heterocycles. The summed E-state index contributed by atoms with van der Waals surface area (Å²) in [4.78, 5) is 36.2. The largest absolute Gasteiger partial charge is 0.465 e. The van der Waals surface area contributed by atoms with Crippen LogP contribution in [0.1, 0.15) is 34.1 Å². The van der Waals surface area contributed by atoms with E-state index in [2.05, 4.69) is 4.74 Å². The number of nitrogens with zero attached hydrogens (tertiary/aromatic N) is 2. The van der Waals surface area contributed by atoms with E-state index in [9.17, 15) is 19.7 Å². The summed E-state index contributed by atoms with van der Waals surface area (Å²) < 4.78 is 10.1. The molecule has 1 aromatic carbocycles. The maximum atomic E-state index is 12.6. The molecule has 1 fully saturated rings. The van der Waals surface area contributed by atoms with E-state index >= 15 is 0 Å². The molecule has 1 heterocycles. The number of carbonyl (C=O) groups excluding carboxylic acids is 2. The molecular weight excluding hydrogens is 304 g/mol. The maximum Gasteiger partial charge on any atom is 0.338 e. The average Bonchev–Trinajstić information content (AvgIpc) is 2.59. The lowest BCUT2D eigenvalue weighted by atomic mass is 10.1. The van der Waals surface area contributed by atoms with Crippen molar-refractivity contribution in [1.29, 1.82) is 0 Å². The number of nitro groups is 1. The van der Waals surface area contributed by atoms with Crippen molar-refractivity contribution in [3.8, 4) is 0 Å². The fraction of sp³-hybridized carbons (Fsp3) is 0.467. The van der Waals surface area contributed by atoms with Crippen LogP contribution in [0.15, 0.2) is 18.2 Å². The van der Waals surface area contributed by atoms with Gasteiger partial charge in [-0.2, -0.15) is 0 Å². The molecule has 1 amide bonds. The highest BCUT2D eigenvalue weighted by Crippen LogP contribution is 2.20. The number of esters is 1. The second kappa shape index (κ2) is 7.19. The minimum Gasteiger partial charge on any atom is -0.465 e. The van der Waals surface area contributed by atoms with E-state index in [-0.39, 0.29) is 28.8 Å². The number of morpholine rings is 1. The molecule has 8 heteroatoms. The molecule has 0 N–H and O–H groups in total. The minimum atomic E-state index is -0.726. The van der Waals surface area contributed by atoms with Gasteiger partial charge in [0.1, 0.15) is 0 Å². The van der Waals surface area contributed by atoms with Crippen LogP contribution in [0.25, 0.3) is 0 Å². The summed E-state index contributed by atoms with van der Waals surface area (Å²) in [6, 6.07) is 3.58. The lowest BCUT2D eigenvalue weighted by Crippen LogP contribution is -2.45. The molecule has 2 rings (SSSR count). The number of benzene rings is 1. The Kier molecular flexibility index (Phi) is 5.28. The maximum absolute atomic E-state index is 12.6. The van der Waals surface area contributed by atoms with Crippen molar-refractivity contribution >= 4 is 17.6 Å². The van der Waals surface area contributed by atoms with Gasteiger partial charge in [0.15, 0.2) is 0 Å². The van der Waals surface area contributed by atoms with Gasteiger partial charge in [-0.1, -0.05) is 6.92 Å². The monoisotopic (exact) mass is 322 g/mol. The van der Waals surface area contributed by atoms with Gasteiger partial charge in [-0.15, -0.1) is 0 Å². The quantitative estimate of drug-likeness (QED) is 0.474. The second-order valence-corrected chi connectivity index (χ2v) is 5.17. The molecule has 23 heavy (non-hydrogen) atoms. The average molecular weight is 322 g/mol. The number of hydrogen-bond donors (Lipinski definition) is 0. The summed E-state index contributed by atoms with van der Waals surface area (Å²) in [5.74, 6) is -1.09. The van der Waals surface area contributed by atoms with Crippen LogP contribution in [0.4, 0.5) is 5.69 Å². The molecule has 0 radical (unpaired) electrons. The summed E-state index contributed by atoms with van der Waals surface area (Å²) >= 11 is 0. The Morgan fingerprint density at radius 3 is 2.70 bits per heavy atom. The lowest BCUT2D eigenvalue weighted by molar-refractivity contribution is -0.384. The topological polar surface area (TPSA) is 99.0 Å². The number of ether oxygens (including phenoxy) is 2. The summed E-state index contributed by atoms with van der Waals surface area (Å²) in [5.41, 5.74) is -0.252. The molecule has 1 aliphatic heterocycles.